The van der Waals surface area contributed by atoms with Crippen molar-refractivity contribution in [1.29, 1.82) is 0 Å². The van der Waals surface area contributed by atoms with Crippen LogP contribution >= 0.6 is 0 Å². The molecule has 0 aromatic rings. The topological polar surface area (TPSA) is 99.0 Å². The molecule has 2 aliphatic heterocycles. The summed E-state index contributed by atoms with van der Waals surface area (Å²) in [5.41, 5.74) is 5.72. The first-order chi connectivity index (χ1) is 12.2. The Kier molecular flexibility index (Phi) is 7.84. The molecule has 1 amide bonds. The van der Waals surface area contributed by atoms with Crippen LogP contribution in [-0.2, 0) is 14.8 Å². The zero-order valence-electron chi connectivity index (χ0n) is 16.4. The normalized spacial score (nSPS) is 22.7. The van der Waals surface area contributed by atoms with Crippen LogP contribution in [0.25, 0.3) is 0 Å². The Balaban J connectivity index is 1.88. The third-order valence-corrected chi connectivity index (χ3v) is 7.45. The number of amides is 1. The van der Waals surface area contributed by atoms with Crippen molar-refractivity contribution in [3.63, 3.8) is 0 Å². The fourth-order valence-electron chi connectivity index (χ4n) is 3.56. The molecule has 2 heterocycles. The van der Waals surface area contributed by atoms with Crippen molar-refractivity contribution in [3.05, 3.63) is 0 Å². The summed E-state index contributed by atoms with van der Waals surface area (Å²) >= 11 is 0. The summed E-state index contributed by atoms with van der Waals surface area (Å²) in [6.45, 7) is 8.96. The first-order valence-corrected chi connectivity index (χ1v) is 11.2. The number of nitrogens with zero attached hydrogens (tertiary/aromatic N) is 3. The van der Waals surface area contributed by atoms with Crippen LogP contribution in [-0.4, -0.2) is 99.2 Å². The molecule has 9 heteroatoms. The predicted molar refractivity (Wildman–Crippen MR) is 103 cm³/mol. The molecule has 2 fully saturated rings. The van der Waals surface area contributed by atoms with Crippen molar-refractivity contribution in [2.75, 3.05) is 52.9 Å². The van der Waals surface area contributed by atoms with E-state index in [0.29, 0.717) is 19.1 Å². The standard InChI is InChI=1S/C17H35N5O3S/c1-14(2)21-6-4-15(5-7-21)19-26(24,25)16(13-18)12-17(23)22-10-8-20(3)9-11-22/h14-16,19H,4-13,18H2,1-3H3. The lowest BCUT2D eigenvalue weighted by atomic mass is 10.1. The van der Waals surface area contributed by atoms with Gasteiger partial charge in [-0.3, -0.25) is 4.79 Å². The summed E-state index contributed by atoms with van der Waals surface area (Å²) in [6, 6.07) is 0.411. The Morgan fingerprint density at radius 1 is 1.12 bits per heavy atom. The highest BCUT2D eigenvalue weighted by Crippen LogP contribution is 2.16. The molecule has 0 aliphatic carbocycles. The monoisotopic (exact) mass is 389 g/mol. The molecule has 2 rings (SSSR count). The van der Waals surface area contributed by atoms with Crippen molar-refractivity contribution in [1.82, 2.24) is 19.4 Å². The second-order valence-electron chi connectivity index (χ2n) is 7.81. The lowest BCUT2D eigenvalue weighted by molar-refractivity contribution is -0.132. The van der Waals surface area contributed by atoms with Crippen LogP contribution in [0.3, 0.4) is 0 Å². The Bertz CT molecular complexity index is 553. The van der Waals surface area contributed by atoms with Gasteiger partial charge >= 0.3 is 0 Å². The lowest BCUT2D eigenvalue weighted by Gasteiger charge is -2.35. The molecule has 1 unspecified atom stereocenters. The first kappa shape index (κ1) is 21.6. The largest absolute Gasteiger partial charge is 0.340 e. The van der Waals surface area contributed by atoms with E-state index in [2.05, 4.69) is 28.4 Å². The molecule has 0 spiro atoms. The van der Waals surface area contributed by atoms with Gasteiger partial charge in [-0.2, -0.15) is 0 Å². The fraction of sp³-hybridized carbons (Fsp3) is 0.941. The second kappa shape index (κ2) is 9.45. The van der Waals surface area contributed by atoms with E-state index in [0.717, 1.165) is 39.0 Å². The minimum absolute atomic E-state index is 0.0413. The van der Waals surface area contributed by atoms with Gasteiger partial charge in [-0.05, 0) is 46.8 Å². The Morgan fingerprint density at radius 2 is 1.69 bits per heavy atom. The summed E-state index contributed by atoms with van der Waals surface area (Å²) in [4.78, 5) is 18.7. The van der Waals surface area contributed by atoms with Gasteiger partial charge in [0.2, 0.25) is 15.9 Å². The fourth-order valence-corrected chi connectivity index (χ4v) is 5.07. The number of hydrogen-bond acceptors (Lipinski definition) is 6. The maximum atomic E-state index is 12.7. The van der Waals surface area contributed by atoms with Gasteiger partial charge < -0.3 is 20.4 Å². The first-order valence-electron chi connectivity index (χ1n) is 9.64. The smallest absolute Gasteiger partial charge is 0.224 e. The number of nitrogens with one attached hydrogen (secondary N) is 1. The quantitative estimate of drug-likeness (QED) is 0.596. The van der Waals surface area contributed by atoms with Crippen LogP contribution in [0.2, 0.25) is 0 Å². The third kappa shape index (κ3) is 5.88. The van der Waals surface area contributed by atoms with E-state index in [9.17, 15) is 13.2 Å². The number of piperidine rings is 1. The number of hydrogen-bond donors (Lipinski definition) is 2. The molecule has 152 valence electrons. The zero-order valence-corrected chi connectivity index (χ0v) is 17.2. The highest BCUT2D eigenvalue weighted by atomic mass is 32.2. The molecule has 1 atom stereocenters. The average Bonchev–Trinajstić information content (AvgIpc) is 2.60. The Labute approximate surface area is 158 Å². The number of carbonyl (C=O) groups excluding carboxylic acids is 1. The van der Waals surface area contributed by atoms with Gasteiger partial charge in [0.15, 0.2) is 0 Å². The van der Waals surface area contributed by atoms with Gasteiger partial charge in [-0.25, -0.2) is 13.1 Å². The molecular formula is C17H35N5O3S. The van der Waals surface area contributed by atoms with E-state index in [1.165, 1.54) is 0 Å². The molecular weight excluding hydrogens is 354 g/mol. The maximum absolute atomic E-state index is 12.7. The van der Waals surface area contributed by atoms with Gasteiger partial charge in [0.25, 0.3) is 0 Å². The van der Waals surface area contributed by atoms with Crippen LogP contribution in [0.4, 0.5) is 0 Å². The summed E-state index contributed by atoms with van der Waals surface area (Å²) < 4.78 is 28.3. The van der Waals surface area contributed by atoms with Crippen LogP contribution < -0.4 is 10.5 Å². The van der Waals surface area contributed by atoms with Crippen LogP contribution in [0.5, 0.6) is 0 Å². The van der Waals surface area contributed by atoms with E-state index in [1.807, 2.05) is 7.05 Å². The van der Waals surface area contributed by atoms with Gasteiger partial charge in [0, 0.05) is 51.2 Å². The molecule has 2 aliphatic rings. The Morgan fingerprint density at radius 3 is 2.19 bits per heavy atom. The number of likely N-dealkylation sites (tertiary alicyclic amines) is 1. The lowest BCUT2D eigenvalue weighted by Crippen LogP contribution is -2.52. The van der Waals surface area contributed by atoms with Crippen molar-refractivity contribution in [2.45, 2.75) is 50.4 Å². The molecule has 0 radical (unpaired) electrons. The number of sulfonamides is 1. The van der Waals surface area contributed by atoms with Crippen molar-refractivity contribution in [3.8, 4) is 0 Å². The minimum Gasteiger partial charge on any atom is -0.340 e. The number of carbonyl (C=O) groups is 1. The number of likely N-dealkylation sites (N-methyl/N-ethyl adjacent to an activating group) is 1. The van der Waals surface area contributed by atoms with Gasteiger partial charge in [0.05, 0.1) is 5.25 Å². The molecule has 3 N–H and O–H groups in total. The summed E-state index contributed by atoms with van der Waals surface area (Å²) in [5, 5.41) is -0.863. The second-order valence-corrected chi connectivity index (χ2v) is 9.81. The van der Waals surface area contributed by atoms with Gasteiger partial charge in [-0.15, -0.1) is 0 Å². The third-order valence-electron chi connectivity index (χ3n) is 5.55. The van der Waals surface area contributed by atoms with Crippen molar-refractivity contribution >= 4 is 15.9 Å². The van der Waals surface area contributed by atoms with Crippen LogP contribution in [0.15, 0.2) is 0 Å². The summed E-state index contributed by atoms with van der Waals surface area (Å²) in [7, 11) is -1.59. The van der Waals surface area contributed by atoms with Crippen LogP contribution in [0.1, 0.15) is 33.1 Å². The molecule has 2 saturated heterocycles. The highest BCUT2D eigenvalue weighted by molar-refractivity contribution is 7.90. The molecule has 0 bridgehead atoms. The van der Waals surface area contributed by atoms with Gasteiger partial charge in [-0.1, -0.05) is 0 Å². The molecule has 0 saturated carbocycles. The zero-order chi connectivity index (χ0) is 19.3. The minimum atomic E-state index is -3.61. The molecule has 8 nitrogen and oxygen atoms in total. The maximum Gasteiger partial charge on any atom is 0.224 e. The van der Waals surface area contributed by atoms with E-state index < -0.39 is 15.3 Å². The predicted octanol–water partition coefficient (Wildman–Crippen LogP) is -0.730. The number of rotatable bonds is 7. The summed E-state index contributed by atoms with van der Waals surface area (Å²) in [5.74, 6) is -0.117. The number of piperazine rings is 1. The van der Waals surface area contributed by atoms with E-state index >= 15 is 0 Å². The molecule has 26 heavy (non-hydrogen) atoms. The number of nitrogens with two attached hydrogens (primary N) is 1. The molecule has 0 aromatic carbocycles. The van der Waals surface area contributed by atoms with Crippen molar-refractivity contribution < 1.29 is 13.2 Å². The van der Waals surface area contributed by atoms with Crippen LogP contribution in [0, 0.1) is 0 Å². The average molecular weight is 390 g/mol. The SMILES string of the molecule is CC(C)N1CCC(NS(=O)(=O)C(CN)CC(=O)N2CCN(C)CC2)CC1. The van der Waals surface area contributed by atoms with E-state index in [4.69, 9.17) is 5.73 Å². The Hall–Kier alpha value is -0.740. The van der Waals surface area contributed by atoms with E-state index in [-0.39, 0.29) is 24.9 Å². The highest BCUT2D eigenvalue weighted by Gasteiger charge is 2.32. The van der Waals surface area contributed by atoms with Crippen molar-refractivity contribution in [2.24, 2.45) is 5.73 Å². The van der Waals surface area contributed by atoms with E-state index in [1.54, 1.807) is 4.90 Å². The molecule has 0 aromatic heterocycles. The van der Waals surface area contributed by atoms with Gasteiger partial charge in [0.1, 0.15) is 0 Å². The summed E-state index contributed by atoms with van der Waals surface area (Å²) in [6.07, 6.45) is 1.54.